The minimum atomic E-state index is 0.308. The summed E-state index contributed by atoms with van der Waals surface area (Å²) in [5.74, 6) is 2.73. The molecule has 0 spiro atoms. The van der Waals surface area contributed by atoms with Crippen LogP contribution in [0.15, 0.2) is 24.3 Å². The SMILES string of the molecule is CCC[C@H]1CC[C@H](c2ccc(OCCCCCCO)cc2)CC1. The largest absolute Gasteiger partial charge is 0.494 e. The van der Waals surface area contributed by atoms with E-state index in [4.69, 9.17) is 9.84 Å². The molecule has 0 aromatic heterocycles. The number of hydrogen-bond donors (Lipinski definition) is 1. The first-order chi connectivity index (χ1) is 11.3. The molecule has 2 heteroatoms. The van der Waals surface area contributed by atoms with Gasteiger partial charge in [-0.05, 0) is 74.5 Å². The van der Waals surface area contributed by atoms with E-state index in [0.29, 0.717) is 6.61 Å². The van der Waals surface area contributed by atoms with Gasteiger partial charge in [0.2, 0.25) is 0 Å². The van der Waals surface area contributed by atoms with E-state index in [9.17, 15) is 0 Å². The highest BCUT2D eigenvalue weighted by molar-refractivity contribution is 5.29. The molecular weight excluding hydrogens is 284 g/mol. The van der Waals surface area contributed by atoms with Gasteiger partial charge in [-0.15, -0.1) is 0 Å². The van der Waals surface area contributed by atoms with Crippen molar-refractivity contribution in [2.24, 2.45) is 5.92 Å². The Bertz CT molecular complexity index is 404. The second-order valence-corrected chi connectivity index (χ2v) is 7.06. The van der Waals surface area contributed by atoms with Gasteiger partial charge >= 0.3 is 0 Å². The van der Waals surface area contributed by atoms with E-state index in [0.717, 1.165) is 49.9 Å². The quantitative estimate of drug-likeness (QED) is 0.561. The highest BCUT2D eigenvalue weighted by Gasteiger charge is 2.21. The van der Waals surface area contributed by atoms with E-state index in [1.807, 2.05) is 0 Å². The van der Waals surface area contributed by atoms with Gasteiger partial charge in [0.25, 0.3) is 0 Å². The summed E-state index contributed by atoms with van der Waals surface area (Å²) in [7, 11) is 0. The summed E-state index contributed by atoms with van der Waals surface area (Å²) in [6, 6.07) is 8.82. The highest BCUT2D eigenvalue weighted by atomic mass is 16.5. The van der Waals surface area contributed by atoms with E-state index >= 15 is 0 Å². The Morgan fingerprint density at radius 3 is 2.30 bits per heavy atom. The fourth-order valence-electron chi connectivity index (χ4n) is 3.79. The fourth-order valence-corrected chi connectivity index (χ4v) is 3.79. The van der Waals surface area contributed by atoms with Crippen molar-refractivity contribution in [2.75, 3.05) is 13.2 Å². The number of benzene rings is 1. The summed E-state index contributed by atoms with van der Waals surface area (Å²) in [5, 5.41) is 8.74. The van der Waals surface area contributed by atoms with Gasteiger partial charge in [0, 0.05) is 6.61 Å². The third-order valence-corrected chi connectivity index (χ3v) is 5.22. The second kappa shape index (κ2) is 10.7. The third-order valence-electron chi connectivity index (χ3n) is 5.22. The topological polar surface area (TPSA) is 29.5 Å². The molecule has 1 aromatic carbocycles. The molecule has 0 amide bonds. The number of aliphatic hydroxyl groups is 1. The first kappa shape index (κ1) is 18.3. The zero-order chi connectivity index (χ0) is 16.3. The van der Waals surface area contributed by atoms with Gasteiger partial charge < -0.3 is 9.84 Å². The average molecular weight is 319 g/mol. The Hall–Kier alpha value is -1.02. The van der Waals surface area contributed by atoms with Gasteiger partial charge in [-0.1, -0.05) is 38.3 Å². The first-order valence-electron chi connectivity index (χ1n) is 9.67. The molecular formula is C21H34O2. The zero-order valence-corrected chi connectivity index (χ0v) is 14.8. The molecule has 130 valence electrons. The van der Waals surface area contributed by atoms with E-state index in [2.05, 4.69) is 31.2 Å². The number of aliphatic hydroxyl groups excluding tert-OH is 1. The lowest BCUT2D eigenvalue weighted by Crippen LogP contribution is -2.13. The average Bonchev–Trinajstić information content (AvgIpc) is 2.60. The van der Waals surface area contributed by atoms with Crippen molar-refractivity contribution < 1.29 is 9.84 Å². The molecule has 2 nitrogen and oxygen atoms in total. The van der Waals surface area contributed by atoms with Crippen molar-refractivity contribution in [3.63, 3.8) is 0 Å². The van der Waals surface area contributed by atoms with Crippen LogP contribution in [0.3, 0.4) is 0 Å². The van der Waals surface area contributed by atoms with Crippen LogP contribution >= 0.6 is 0 Å². The highest BCUT2D eigenvalue weighted by Crippen LogP contribution is 2.37. The lowest BCUT2D eigenvalue weighted by Gasteiger charge is -2.28. The molecule has 0 radical (unpaired) electrons. The van der Waals surface area contributed by atoms with E-state index in [1.165, 1.54) is 44.1 Å². The van der Waals surface area contributed by atoms with Gasteiger partial charge in [-0.3, -0.25) is 0 Å². The zero-order valence-electron chi connectivity index (χ0n) is 14.8. The standard InChI is InChI=1S/C21H34O2/c1-2-7-18-8-10-19(11-9-18)20-12-14-21(15-13-20)23-17-6-4-3-5-16-22/h12-15,18-19,22H,2-11,16-17H2,1H3/t18-,19-. The van der Waals surface area contributed by atoms with Crippen LogP contribution in [0, 0.1) is 5.92 Å². The van der Waals surface area contributed by atoms with Gasteiger partial charge in [0.15, 0.2) is 0 Å². The third kappa shape index (κ3) is 6.55. The molecule has 1 fully saturated rings. The number of rotatable bonds is 10. The normalized spacial score (nSPS) is 21.3. The van der Waals surface area contributed by atoms with Crippen molar-refractivity contribution in [1.82, 2.24) is 0 Å². The van der Waals surface area contributed by atoms with Crippen molar-refractivity contribution in [2.45, 2.75) is 77.0 Å². The lowest BCUT2D eigenvalue weighted by molar-refractivity contribution is 0.273. The summed E-state index contributed by atoms with van der Waals surface area (Å²) in [5.41, 5.74) is 1.50. The summed E-state index contributed by atoms with van der Waals surface area (Å²) in [6.07, 6.45) is 12.5. The smallest absolute Gasteiger partial charge is 0.119 e. The monoisotopic (exact) mass is 318 g/mol. The molecule has 1 aromatic rings. The predicted molar refractivity (Wildman–Crippen MR) is 97.1 cm³/mol. The maximum atomic E-state index is 8.74. The summed E-state index contributed by atoms with van der Waals surface area (Å²) >= 11 is 0. The molecule has 1 aliphatic carbocycles. The number of hydrogen-bond acceptors (Lipinski definition) is 2. The van der Waals surface area contributed by atoms with Crippen LogP contribution in [0.1, 0.15) is 82.6 Å². The van der Waals surface area contributed by atoms with E-state index in [-0.39, 0.29) is 0 Å². The molecule has 0 atom stereocenters. The maximum Gasteiger partial charge on any atom is 0.119 e. The van der Waals surface area contributed by atoms with Crippen molar-refractivity contribution in [1.29, 1.82) is 0 Å². The molecule has 0 bridgehead atoms. The van der Waals surface area contributed by atoms with Gasteiger partial charge in [-0.2, -0.15) is 0 Å². The van der Waals surface area contributed by atoms with Crippen molar-refractivity contribution in [3.05, 3.63) is 29.8 Å². The fraction of sp³-hybridized carbons (Fsp3) is 0.714. The molecule has 2 rings (SSSR count). The number of unbranched alkanes of at least 4 members (excludes halogenated alkanes) is 3. The van der Waals surface area contributed by atoms with Crippen LogP contribution in [0.2, 0.25) is 0 Å². The second-order valence-electron chi connectivity index (χ2n) is 7.06. The molecule has 1 N–H and O–H groups in total. The van der Waals surface area contributed by atoms with Crippen molar-refractivity contribution in [3.8, 4) is 5.75 Å². The molecule has 0 aliphatic heterocycles. The van der Waals surface area contributed by atoms with Crippen LogP contribution in [-0.2, 0) is 0 Å². The van der Waals surface area contributed by atoms with Crippen molar-refractivity contribution >= 4 is 0 Å². The summed E-state index contributed by atoms with van der Waals surface area (Å²) in [6.45, 7) is 3.40. The lowest BCUT2D eigenvalue weighted by atomic mass is 9.77. The molecule has 0 heterocycles. The van der Waals surface area contributed by atoms with Crippen LogP contribution in [-0.4, -0.2) is 18.3 Å². The molecule has 23 heavy (non-hydrogen) atoms. The van der Waals surface area contributed by atoms with Gasteiger partial charge in [0.05, 0.1) is 6.61 Å². The molecule has 1 aliphatic rings. The maximum absolute atomic E-state index is 8.74. The van der Waals surface area contributed by atoms with E-state index < -0.39 is 0 Å². The minimum absolute atomic E-state index is 0.308. The molecule has 1 saturated carbocycles. The van der Waals surface area contributed by atoms with Crippen LogP contribution in [0.25, 0.3) is 0 Å². The summed E-state index contributed by atoms with van der Waals surface area (Å²) < 4.78 is 5.82. The Morgan fingerprint density at radius 2 is 1.65 bits per heavy atom. The van der Waals surface area contributed by atoms with Crippen LogP contribution < -0.4 is 4.74 Å². The van der Waals surface area contributed by atoms with E-state index in [1.54, 1.807) is 0 Å². The molecule has 0 unspecified atom stereocenters. The first-order valence-corrected chi connectivity index (χ1v) is 9.67. The minimum Gasteiger partial charge on any atom is -0.494 e. The van der Waals surface area contributed by atoms with Crippen LogP contribution in [0.5, 0.6) is 5.75 Å². The predicted octanol–water partition coefficient (Wildman–Crippen LogP) is 5.69. The molecule has 0 saturated heterocycles. The Morgan fingerprint density at radius 1 is 0.957 bits per heavy atom. The Labute approximate surface area is 142 Å². The van der Waals surface area contributed by atoms with Gasteiger partial charge in [0.1, 0.15) is 5.75 Å². The Balaban J connectivity index is 1.68. The van der Waals surface area contributed by atoms with Crippen LogP contribution in [0.4, 0.5) is 0 Å². The number of ether oxygens (including phenoxy) is 1. The summed E-state index contributed by atoms with van der Waals surface area (Å²) in [4.78, 5) is 0. The van der Waals surface area contributed by atoms with Gasteiger partial charge in [-0.25, -0.2) is 0 Å². The Kier molecular flexibility index (Phi) is 8.52.